The van der Waals surface area contributed by atoms with Crippen molar-refractivity contribution >= 4 is 22.2 Å². The Bertz CT molecular complexity index is 520. The van der Waals surface area contributed by atoms with Crippen LogP contribution in [0, 0.1) is 0 Å². The van der Waals surface area contributed by atoms with Crippen molar-refractivity contribution in [1.82, 2.24) is 0 Å². The zero-order valence-corrected chi connectivity index (χ0v) is 11.4. The van der Waals surface area contributed by atoms with Crippen LogP contribution < -0.4 is 4.74 Å². The molecule has 0 aliphatic heterocycles. The fraction of sp³-hybridized carbons (Fsp3) is 0.133. The topological polar surface area (TPSA) is 26.3 Å². The van der Waals surface area contributed by atoms with Gasteiger partial charge >= 0.3 is 0 Å². The van der Waals surface area contributed by atoms with Gasteiger partial charge in [0.15, 0.2) is 0 Å². The van der Waals surface area contributed by atoms with E-state index >= 15 is 0 Å². The minimum Gasteiger partial charge on any atom is -0.489 e. The van der Waals surface area contributed by atoms with E-state index in [-0.39, 0.29) is 0 Å². The first kappa shape index (κ1) is 12.8. The van der Waals surface area contributed by atoms with Crippen molar-refractivity contribution in [3.63, 3.8) is 0 Å². The van der Waals surface area contributed by atoms with Crippen molar-refractivity contribution in [3.05, 3.63) is 65.2 Å². The van der Waals surface area contributed by atoms with Gasteiger partial charge in [-0.25, -0.2) is 0 Å². The van der Waals surface area contributed by atoms with Crippen molar-refractivity contribution in [3.8, 4) is 5.75 Å². The van der Waals surface area contributed by atoms with Crippen LogP contribution in [0.25, 0.3) is 0 Å². The van der Waals surface area contributed by atoms with Gasteiger partial charge < -0.3 is 4.74 Å². The molecule has 0 unspecified atom stereocenters. The molecule has 0 aliphatic rings. The summed E-state index contributed by atoms with van der Waals surface area (Å²) in [6.45, 7) is 0.530. The quantitative estimate of drug-likeness (QED) is 0.617. The molecule has 18 heavy (non-hydrogen) atoms. The normalized spacial score (nSPS) is 10.1. The Morgan fingerprint density at radius 3 is 2.28 bits per heavy atom. The van der Waals surface area contributed by atoms with E-state index in [2.05, 4.69) is 28.1 Å². The summed E-state index contributed by atoms with van der Waals surface area (Å²) in [6.07, 6.45) is 0.823. The number of alkyl halides is 1. The first-order valence-corrected chi connectivity index (χ1v) is 6.76. The summed E-state index contributed by atoms with van der Waals surface area (Å²) in [5.74, 6) is 0.768. The second-order valence-electron chi connectivity index (χ2n) is 3.88. The highest BCUT2D eigenvalue weighted by Gasteiger charge is 2.01. The summed E-state index contributed by atoms with van der Waals surface area (Å²) in [6, 6.07) is 15.2. The first-order chi connectivity index (χ1) is 8.83. The molecule has 0 radical (unpaired) electrons. The second kappa shape index (κ2) is 6.36. The van der Waals surface area contributed by atoms with E-state index < -0.39 is 0 Å². The maximum atomic E-state index is 10.5. The van der Waals surface area contributed by atoms with Gasteiger partial charge in [-0.1, -0.05) is 40.2 Å². The van der Waals surface area contributed by atoms with E-state index in [1.165, 1.54) is 5.56 Å². The smallest absolute Gasteiger partial charge is 0.150 e. The standard InChI is InChI=1S/C15H13BrO2/c16-9-13-3-1-2-4-14(13)11-18-15-7-5-12(10-17)6-8-15/h1-8,10H,9,11H2. The number of carbonyl (C=O) groups is 1. The Morgan fingerprint density at radius 2 is 1.67 bits per heavy atom. The lowest BCUT2D eigenvalue weighted by Gasteiger charge is -2.09. The number of benzene rings is 2. The Balaban J connectivity index is 2.04. The number of hydrogen-bond acceptors (Lipinski definition) is 2. The molecule has 92 valence electrons. The maximum Gasteiger partial charge on any atom is 0.150 e. The number of carbonyl (C=O) groups excluding carboxylic acids is 1. The molecule has 2 nitrogen and oxygen atoms in total. The van der Waals surface area contributed by atoms with E-state index in [1.54, 1.807) is 24.3 Å². The number of ether oxygens (including phenoxy) is 1. The van der Waals surface area contributed by atoms with E-state index in [0.29, 0.717) is 12.2 Å². The van der Waals surface area contributed by atoms with Gasteiger partial charge in [0.05, 0.1) is 0 Å². The Morgan fingerprint density at radius 1 is 1.00 bits per heavy atom. The molecule has 2 rings (SSSR count). The molecule has 0 aromatic heterocycles. The van der Waals surface area contributed by atoms with E-state index in [1.807, 2.05) is 12.1 Å². The molecule has 0 spiro atoms. The highest BCUT2D eigenvalue weighted by molar-refractivity contribution is 9.08. The average Bonchev–Trinajstić information content (AvgIpc) is 2.46. The van der Waals surface area contributed by atoms with Crippen LogP contribution in [0.5, 0.6) is 5.75 Å². The van der Waals surface area contributed by atoms with Crippen molar-refractivity contribution < 1.29 is 9.53 Å². The van der Waals surface area contributed by atoms with Crippen LogP contribution in [-0.2, 0) is 11.9 Å². The van der Waals surface area contributed by atoms with Gasteiger partial charge in [-0.2, -0.15) is 0 Å². The van der Waals surface area contributed by atoms with Crippen LogP contribution in [0.3, 0.4) is 0 Å². The predicted octanol–water partition coefficient (Wildman–Crippen LogP) is 3.97. The van der Waals surface area contributed by atoms with E-state index in [4.69, 9.17) is 4.74 Å². The lowest BCUT2D eigenvalue weighted by atomic mass is 10.1. The lowest BCUT2D eigenvalue weighted by Crippen LogP contribution is -1.98. The van der Waals surface area contributed by atoms with Crippen molar-refractivity contribution in [2.75, 3.05) is 0 Å². The molecular weight excluding hydrogens is 292 g/mol. The number of rotatable bonds is 5. The second-order valence-corrected chi connectivity index (χ2v) is 4.44. The SMILES string of the molecule is O=Cc1ccc(OCc2ccccc2CBr)cc1. The summed E-state index contributed by atoms with van der Waals surface area (Å²) >= 11 is 3.46. The van der Waals surface area contributed by atoms with Gasteiger partial charge in [0, 0.05) is 10.9 Å². The minimum absolute atomic E-state index is 0.530. The Hall–Kier alpha value is -1.61. The van der Waals surface area contributed by atoms with Crippen LogP contribution >= 0.6 is 15.9 Å². The number of aldehydes is 1. The molecule has 0 heterocycles. The zero-order valence-electron chi connectivity index (χ0n) is 9.80. The molecule has 0 N–H and O–H groups in total. The maximum absolute atomic E-state index is 10.5. The summed E-state index contributed by atoms with van der Waals surface area (Å²) in [7, 11) is 0. The van der Waals surface area contributed by atoms with Crippen LogP contribution in [0.15, 0.2) is 48.5 Å². The molecule has 0 saturated heterocycles. The van der Waals surface area contributed by atoms with Crippen LogP contribution in [-0.4, -0.2) is 6.29 Å². The lowest BCUT2D eigenvalue weighted by molar-refractivity contribution is 0.112. The Kier molecular flexibility index (Phi) is 4.53. The van der Waals surface area contributed by atoms with Crippen LogP contribution in [0.1, 0.15) is 21.5 Å². The van der Waals surface area contributed by atoms with Crippen molar-refractivity contribution in [1.29, 1.82) is 0 Å². The fourth-order valence-electron chi connectivity index (χ4n) is 1.63. The first-order valence-electron chi connectivity index (χ1n) is 5.64. The molecule has 2 aromatic carbocycles. The van der Waals surface area contributed by atoms with Gasteiger partial charge in [0.2, 0.25) is 0 Å². The summed E-state index contributed by atoms with van der Waals surface area (Å²) in [4.78, 5) is 10.5. The van der Waals surface area contributed by atoms with Crippen molar-refractivity contribution in [2.24, 2.45) is 0 Å². The van der Waals surface area contributed by atoms with Crippen molar-refractivity contribution in [2.45, 2.75) is 11.9 Å². The molecule has 2 aromatic rings. The largest absolute Gasteiger partial charge is 0.489 e. The molecular formula is C15H13BrO2. The van der Waals surface area contributed by atoms with E-state index in [0.717, 1.165) is 22.9 Å². The van der Waals surface area contributed by atoms with Crippen LogP contribution in [0.2, 0.25) is 0 Å². The summed E-state index contributed by atoms with van der Waals surface area (Å²) in [5, 5.41) is 0.816. The fourth-order valence-corrected chi connectivity index (χ4v) is 2.18. The van der Waals surface area contributed by atoms with Crippen LogP contribution in [0.4, 0.5) is 0 Å². The van der Waals surface area contributed by atoms with Gasteiger partial charge in [0.1, 0.15) is 18.6 Å². The third-order valence-corrected chi connectivity index (χ3v) is 3.28. The number of hydrogen-bond donors (Lipinski definition) is 0. The average molecular weight is 305 g/mol. The Labute approximate surface area is 115 Å². The van der Waals surface area contributed by atoms with Gasteiger partial charge in [-0.05, 0) is 35.4 Å². The number of halogens is 1. The molecule has 3 heteroatoms. The third kappa shape index (κ3) is 3.20. The molecule has 0 bridgehead atoms. The summed E-state index contributed by atoms with van der Waals surface area (Å²) in [5.41, 5.74) is 3.04. The highest BCUT2D eigenvalue weighted by Crippen LogP contribution is 2.17. The van der Waals surface area contributed by atoms with Gasteiger partial charge in [-0.15, -0.1) is 0 Å². The summed E-state index contributed by atoms with van der Waals surface area (Å²) < 4.78 is 5.70. The minimum atomic E-state index is 0.530. The molecule has 0 fully saturated rings. The molecule has 0 saturated carbocycles. The third-order valence-electron chi connectivity index (χ3n) is 2.67. The highest BCUT2D eigenvalue weighted by atomic mass is 79.9. The monoisotopic (exact) mass is 304 g/mol. The predicted molar refractivity (Wildman–Crippen MR) is 75.2 cm³/mol. The zero-order chi connectivity index (χ0) is 12.8. The van der Waals surface area contributed by atoms with Gasteiger partial charge in [-0.3, -0.25) is 4.79 Å². The molecule has 0 atom stereocenters. The van der Waals surface area contributed by atoms with Gasteiger partial charge in [0.25, 0.3) is 0 Å². The van der Waals surface area contributed by atoms with E-state index in [9.17, 15) is 4.79 Å². The molecule has 0 amide bonds. The molecule has 0 aliphatic carbocycles.